The van der Waals surface area contributed by atoms with E-state index in [9.17, 15) is 26.7 Å². The van der Waals surface area contributed by atoms with Crippen molar-refractivity contribution in [2.24, 2.45) is 0 Å². The van der Waals surface area contributed by atoms with Crippen LogP contribution in [0.1, 0.15) is 35.8 Å². The summed E-state index contributed by atoms with van der Waals surface area (Å²) in [6.45, 7) is -1.30. The summed E-state index contributed by atoms with van der Waals surface area (Å²) in [5.74, 6) is -8.83. The van der Waals surface area contributed by atoms with E-state index in [0.717, 1.165) is 36.7 Å². The minimum absolute atomic E-state index is 0.0408. The Bertz CT molecular complexity index is 1330. The summed E-state index contributed by atoms with van der Waals surface area (Å²) in [6, 6.07) is 3.23. The SMILES string of the molecule is Nc1ncc(C(F)(F)COc2ccnc(C(F)(F)F)n2)c(C2CCN(C(=O)Nc3c(F)cccc3F)CC2)n1. The highest BCUT2D eigenvalue weighted by Crippen LogP contribution is 2.38. The predicted molar refractivity (Wildman–Crippen MR) is 122 cm³/mol. The molecule has 0 aliphatic carbocycles. The number of hydrogen-bond acceptors (Lipinski definition) is 7. The van der Waals surface area contributed by atoms with Gasteiger partial charge in [-0.2, -0.15) is 26.9 Å². The van der Waals surface area contributed by atoms with Crippen molar-refractivity contribution in [1.82, 2.24) is 24.8 Å². The summed E-state index contributed by atoms with van der Waals surface area (Å²) in [7, 11) is 0. The molecule has 16 heteroatoms. The minimum Gasteiger partial charge on any atom is -0.471 e. The number of nitrogens with two attached hydrogens (primary N) is 1. The second kappa shape index (κ2) is 10.9. The van der Waals surface area contributed by atoms with Crippen LogP contribution in [0.2, 0.25) is 0 Å². The molecule has 1 saturated heterocycles. The van der Waals surface area contributed by atoms with Crippen molar-refractivity contribution >= 4 is 17.7 Å². The Morgan fingerprint density at radius 1 is 1.05 bits per heavy atom. The molecule has 208 valence electrons. The van der Waals surface area contributed by atoms with Gasteiger partial charge in [0, 0.05) is 37.5 Å². The molecule has 0 atom stereocenters. The number of hydrogen-bond donors (Lipinski definition) is 2. The van der Waals surface area contributed by atoms with Gasteiger partial charge >= 0.3 is 18.1 Å². The Kier molecular flexibility index (Phi) is 7.74. The van der Waals surface area contributed by atoms with Crippen LogP contribution in [0, 0.1) is 11.6 Å². The number of anilines is 2. The third kappa shape index (κ3) is 6.43. The number of likely N-dealkylation sites (tertiary alicyclic amines) is 1. The van der Waals surface area contributed by atoms with Crippen LogP contribution >= 0.6 is 0 Å². The summed E-state index contributed by atoms with van der Waals surface area (Å²) >= 11 is 0. The number of nitrogens with zero attached hydrogens (tertiary/aromatic N) is 5. The molecule has 2 amide bonds. The number of amides is 2. The molecule has 9 nitrogen and oxygen atoms in total. The number of rotatable bonds is 6. The highest BCUT2D eigenvalue weighted by molar-refractivity contribution is 5.89. The Balaban J connectivity index is 1.45. The maximum Gasteiger partial charge on any atom is 0.451 e. The second-order valence-electron chi connectivity index (χ2n) is 8.52. The lowest BCUT2D eigenvalue weighted by molar-refractivity contribution is -0.145. The van der Waals surface area contributed by atoms with Gasteiger partial charge in [-0.3, -0.25) is 0 Å². The van der Waals surface area contributed by atoms with Crippen LogP contribution in [0.5, 0.6) is 5.88 Å². The first-order chi connectivity index (χ1) is 18.3. The topological polar surface area (TPSA) is 119 Å². The van der Waals surface area contributed by atoms with Crippen LogP contribution < -0.4 is 15.8 Å². The summed E-state index contributed by atoms with van der Waals surface area (Å²) in [6.07, 6.45) is -3.06. The van der Waals surface area contributed by atoms with Gasteiger partial charge in [0.05, 0.1) is 11.3 Å². The van der Waals surface area contributed by atoms with Crippen LogP contribution in [0.15, 0.2) is 36.7 Å². The smallest absolute Gasteiger partial charge is 0.451 e. The third-order valence-corrected chi connectivity index (χ3v) is 5.88. The zero-order chi connectivity index (χ0) is 28.4. The van der Waals surface area contributed by atoms with E-state index in [1.807, 2.05) is 0 Å². The zero-order valence-corrected chi connectivity index (χ0v) is 19.9. The summed E-state index contributed by atoms with van der Waals surface area (Å²) < 4.78 is 101. The molecule has 3 N–H and O–H groups in total. The first kappa shape index (κ1) is 27.8. The van der Waals surface area contributed by atoms with E-state index in [2.05, 4.69) is 25.3 Å². The van der Waals surface area contributed by atoms with Crippen LogP contribution in [-0.4, -0.2) is 50.6 Å². The normalized spacial score (nSPS) is 14.8. The Labute approximate surface area is 216 Å². The van der Waals surface area contributed by atoms with Crippen LogP contribution in [0.25, 0.3) is 0 Å². The number of ether oxygens (including phenoxy) is 1. The van der Waals surface area contributed by atoms with Crippen LogP contribution in [0.4, 0.5) is 47.2 Å². The van der Waals surface area contributed by atoms with Gasteiger partial charge in [-0.25, -0.2) is 28.5 Å². The van der Waals surface area contributed by atoms with E-state index >= 15 is 8.78 Å². The highest BCUT2D eigenvalue weighted by atomic mass is 19.4. The number of urea groups is 1. The molecular formula is C23H20F7N7O2. The fraction of sp³-hybridized carbons (Fsp3) is 0.348. The Hall–Kier alpha value is -4.24. The maximum absolute atomic E-state index is 15.2. The van der Waals surface area contributed by atoms with Crippen molar-refractivity contribution < 1.29 is 40.3 Å². The average molecular weight is 559 g/mol. The number of alkyl halides is 5. The molecule has 0 saturated carbocycles. The van der Waals surface area contributed by atoms with E-state index in [4.69, 9.17) is 10.5 Å². The number of halogens is 7. The van der Waals surface area contributed by atoms with Gasteiger partial charge in [-0.15, -0.1) is 0 Å². The molecule has 1 aliphatic heterocycles. The number of nitrogens with one attached hydrogen (secondary N) is 1. The highest BCUT2D eigenvalue weighted by Gasteiger charge is 2.40. The molecule has 39 heavy (non-hydrogen) atoms. The fourth-order valence-corrected chi connectivity index (χ4v) is 3.96. The van der Waals surface area contributed by atoms with Crippen molar-refractivity contribution in [2.75, 3.05) is 30.7 Å². The number of piperidine rings is 1. The molecule has 2 aromatic heterocycles. The molecule has 1 aliphatic rings. The first-order valence-corrected chi connectivity index (χ1v) is 11.4. The second-order valence-corrected chi connectivity index (χ2v) is 8.52. The number of nitrogen functional groups attached to an aromatic ring is 1. The van der Waals surface area contributed by atoms with E-state index in [0.29, 0.717) is 0 Å². The molecule has 1 fully saturated rings. The molecule has 3 aromatic rings. The van der Waals surface area contributed by atoms with Crippen molar-refractivity contribution in [2.45, 2.75) is 30.9 Å². The summed E-state index contributed by atoms with van der Waals surface area (Å²) in [5, 5.41) is 2.17. The monoisotopic (exact) mass is 559 g/mol. The van der Waals surface area contributed by atoms with Gasteiger partial charge in [0.25, 0.3) is 0 Å². The van der Waals surface area contributed by atoms with E-state index in [1.54, 1.807) is 0 Å². The molecule has 4 rings (SSSR count). The predicted octanol–water partition coefficient (Wildman–Crippen LogP) is 4.73. The molecule has 1 aromatic carbocycles. The molecule has 0 radical (unpaired) electrons. The Morgan fingerprint density at radius 2 is 1.72 bits per heavy atom. The molecule has 0 spiro atoms. The van der Waals surface area contributed by atoms with Gasteiger partial charge in [-0.1, -0.05) is 6.07 Å². The molecule has 0 bridgehead atoms. The molecule has 0 unspecified atom stereocenters. The molecule has 3 heterocycles. The number of carbonyl (C=O) groups excluding carboxylic acids is 1. The lowest BCUT2D eigenvalue weighted by Crippen LogP contribution is -2.41. The molecular weight excluding hydrogens is 539 g/mol. The van der Waals surface area contributed by atoms with Gasteiger partial charge in [0.15, 0.2) is 6.61 Å². The summed E-state index contributed by atoms with van der Waals surface area (Å²) in [4.78, 5) is 27.5. The first-order valence-electron chi connectivity index (χ1n) is 11.4. The van der Waals surface area contributed by atoms with Gasteiger partial charge in [-0.05, 0) is 25.0 Å². The number of para-hydroxylation sites is 1. The lowest BCUT2D eigenvalue weighted by atomic mass is 9.89. The van der Waals surface area contributed by atoms with Crippen molar-refractivity contribution in [3.63, 3.8) is 0 Å². The maximum atomic E-state index is 15.2. The quantitative estimate of drug-likeness (QED) is 0.419. The largest absolute Gasteiger partial charge is 0.471 e. The lowest BCUT2D eigenvalue weighted by Gasteiger charge is -2.33. The van der Waals surface area contributed by atoms with Crippen molar-refractivity contribution in [3.8, 4) is 5.88 Å². The van der Waals surface area contributed by atoms with Crippen LogP contribution in [-0.2, 0) is 12.1 Å². The van der Waals surface area contributed by atoms with Crippen molar-refractivity contribution in [1.29, 1.82) is 0 Å². The fourth-order valence-electron chi connectivity index (χ4n) is 3.96. The standard InChI is InChI=1S/C23H20F7N7O2/c24-14-2-1-3-15(25)18(14)36-21(38)37-8-5-12(6-9-37)17-13(10-33-20(31)35-17)22(26,27)11-39-16-4-7-32-19(34-16)23(28,29)30/h1-4,7,10,12H,5-6,8-9,11H2,(H,36,38)(H2,31,33,35). The Morgan fingerprint density at radius 3 is 2.36 bits per heavy atom. The summed E-state index contributed by atoms with van der Waals surface area (Å²) in [5.41, 5.74) is 4.24. The average Bonchev–Trinajstić information content (AvgIpc) is 2.89. The van der Waals surface area contributed by atoms with E-state index in [-0.39, 0.29) is 37.6 Å². The number of carbonyl (C=O) groups is 1. The zero-order valence-electron chi connectivity index (χ0n) is 19.9. The van der Waals surface area contributed by atoms with Crippen molar-refractivity contribution in [3.05, 3.63) is 65.4 Å². The minimum atomic E-state index is -4.89. The number of benzene rings is 1. The van der Waals surface area contributed by atoms with E-state index in [1.165, 1.54) is 4.90 Å². The number of aromatic nitrogens is 4. The van der Waals surface area contributed by atoms with Gasteiger partial charge in [0.2, 0.25) is 17.7 Å². The van der Waals surface area contributed by atoms with Gasteiger partial charge in [0.1, 0.15) is 17.3 Å². The van der Waals surface area contributed by atoms with E-state index < -0.39 is 65.2 Å². The van der Waals surface area contributed by atoms with Crippen LogP contribution in [0.3, 0.4) is 0 Å². The third-order valence-electron chi connectivity index (χ3n) is 5.88. The van der Waals surface area contributed by atoms with Gasteiger partial charge < -0.3 is 20.7 Å².